The molecule has 0 radical (unpaired) electrons. The summed E-state index contributed by atoms with van der Waals surface area (Å²) in [7, 11) is 0. The molecule has 0 saturated heterocycles. The van der Waals surface area contributed by atoms with Crippen molar-refractivity contribution in [2.24, 2.45) is 0 Å². The summed E-state index contributed by atoms with van der Waals surface area (Å²) >= 11 is 6.02. The number of aromatic nitrogens is 2. The van der Waals surface area contributed by atoms with Crippen molar-refractivity contribution in [3.05, 3.63) is 76.1 Å². The van der Waals surface area contributed by atoms with E-state index in [4.69, 9.17) is 11.6 Å². The monoisotopic (exact) mass is 395 g/mol. The van der Waals surface area contributed by atoms with Crippen LogP contribution >= 0.6 is 11.6 Å². The average molecular weight is 396 g/mol. The Morgan fingerprint density at radius 2 is 1.82 bits per heavy atom. The van der Waals surface area contributed by atoms with Gasteiger partial charge in [-0.05, 0) is 56.0 Å². The molecule has 3 aromatic rings. The summed E-state index contributed by atoms with van der Waals surface area (Å²) in [5.74, 6) is -0.0394. The van der Waals surface area contributed by atoms with Crippen LogP contribution in [-0.4, -0.2) is 20.8 Å². The number of phenolic OH excluding ortho intramolecular Hbond substituents is 1. The first-order chi connectivity index (χ1) is 13.6. The lowest BCUT2D eigenvalue weighted by Gasteiger charge is -2.07. The smallest absolute Gasteiger partial charge is 0.272 e. The van der Waals surface area contributed by atoms with E-state index < -0.39 is 0 Å². The minimum absolute atomic E-state index is 0.174. The first kappa shape index (κ1) is 18.6. The predicted molar refractivity (Wildman–Crippen MR) is 109 cm³/mol. The second-order valence-corrected chi connectivity index (χ2v) is 7.47. The highest BCUT2D eigenvalue weighted by atomic mass is 35.5. The summed E-state index contributed by atoms with van der Waals surface area (Å²) in [5, 5.41) is 18.2. The van der Waals surface area contributed by atoms with Crippen LogP contribution in [0.1, 0.15) is 46.6 Å². The molecule has 0 aliphatic heterocycles. The lowest BCUT2D eigenvalue weighted by Crippen LogP contribution is -2.24. The Morgan fingerprint density at radius 3 is 2.61 bits per heavy atom. The molecule has 0 bridgehead atoms. The molecule has 0 fully saturated rings. The molecule has 2 N–H and O–H groups in total. The summed E-state index contributed by atoms with van der Waals surface area (Å²) in [6.07, 6.45) is 5.04. The van der Waals surface area contributed by atoms with E-state index in [1.807, 2.05) is 35.0 Å². The molecule has 0 saturated carbocycles. The number of amides is 1. The molecule has 1 amide bonds. The molecular weight excluding hydrogens is 374 g/mol. The van der Waals surface area contributed by atoms with Crippen molar-refractivity contribution in [2.45, 2.75) is 38.6 Å². The third-order valence-electron chi connectivity index (χ3n) is 5.15. The average Bonchev–Trinajstić information content (AvgIpc) is 2.89. The van der Waals surface area contributed by atoms with Gasteiger partial charge in [0.05, 0.1) is 5.69 Å². The zero-order chi connectivity index (χ0) is 19.5. The highest BCUT2D eigenvalue weighted by Gasteiger charge is 2.24. The standard InChI is InChI=1S/C22H22ClN3O2/c23-16-10-12-17(13-11-16)26-19-8-3-1-2-7-18(19)21(25-26)22(28)24-14-15-6-4-5-9-20(15)27/h4-6,9-13,27H,1-3,7-8,14H2,(H,24,28). The molecule has 1 aliphatic rings. The van der Waals surface area contributed by atoms with E-state index in [9.17, 15) is 9.90 Å². The van der Waals surface area contributed by atoms with Gasteiger partial charge in [0, 0.05) is 28.4 Å². The Kier molecular flexibility index (Phi) is 5.35. The van der Waals surface area contributed by atoms with Crippen molar-refractivity contribution in [3.8, 4) is 11.4 Å². The van der Waals surface area contributed by atoms with Crippen LogP contribution in [0.3, 0.4) is 0 Å². The summed E-state index contributed by atoms with van der Waals surface area (Å²) in [4.78, 5) is 12.9. The van der Waals surface area contributed by atoms with E-state index in [0.29, 0.717) is 16.3 Å². The first-order valence-electron chi connectivity index (χ1n) is 9.55. The fourth-order valence-electron chi connectivity index (χ4n) is 3.67. The lowest BCUT2D eigenvalue weighted by atomic mass is 10.1. The molecular formula is C22H22ClN3O2. The SMILES string of the molecule is O=C(NCc1ccccc1O)c1nn(-c2ccc(Cl)cc2)c2c1CCCCC2. The van der Waals surface area contributed by atoms with E-state index >= 15 is 0 Å². The number of nitrogens with one attached hydrogen (secondary N) is 1. The van der Waals surface area contributed by atoms with Gasteiger partial charge in [-0.3, -0.25) is 4.79 Å². The summed E-state index contributed by atoms with van der Waals surface area (Å²) in [6.45, 7) is 0.258. The number of nitrogens with zero attached hydrogens (tertiary/aromatic N) is 2. The van der Waals surface area contributed by atoms with E-state index in [1.54, 1.807) is 18.2 Å². The van der Waals surface area contributed by atoms with Crippen LogP contribution < -0.4 is 5.32 Å². The highest BCUT2D eigenvalue weighted by molar-refractivity contribution is 6.30. The minimum atomic E-state index is -0.214. The van der Waals surface area contributed by atoms with Crippen LogP contribution in [0.15, 0.2) is 48.5 Å². The van der Waals surface area contributed by atoms with Gasteiger partial charge in [0.1, 0.15) is 5.75 Å². The topological polar surface area (TPSA) is 67.2 Å². The van der Waals surface area contributed by atoms with E-state index in [0.717, 1.165) is 49.0 Å². The molecule has 0 atom stereocenters. The van der Waals surface area contributed by atoms with Gasteiger partial charge in [-0.2, -0.15) is 5.10 Å². The van der Waals surface area contributed by atoms with Crippen LogP contribution in [0.4, 0.5) is 0 Å². The molecule has 0 unspecified atom stereocenters. The Labute approximate surface area is 169 Å². The number of para-hydroxylation sites is 1. The van der Waals surface area contributed by atoms with Gasteiger partial charge >= 0.3 is 0 Å². The van der Waals surface area contributed by atoms with E-state index in [1.165, 1.54) is 0 Å². The summed E-state index contributed by atoms with van der Waals surface area (Å²) < 4.78 is 1.88. The number of rotatable bonds is 4. The second-order valence-electron chi connectivity index (χ2n) is 7.03. The number of phenols is 1. The molecule has 1 aliphatic carbocycles. The van der Waals surface area contributed by atoms with Crippen LogP contribution in [0.5, 0.6) is 5.75 Å². The third kappa shape index (κ3) is 3.76. The molecule has 2 aromatic carbocycles. The van der Waals surface area contributed by atoms with Crippen LogP contribution in [0, 0.1) is 0 Å². The highest BCUT2D eigenvalue weighted by Crippen LogP contribution is 2.27. The molecule has 0 spiro atoms. The maximum atomic E-state index is 12.9. The Bertz CT molecular complexity index is 996. The van der Waals surface area contributed by atoms with Crippen molar-refractivity contribution >= 4 is 17.5 Å². The number of benzene rings is 2. The molecule has 1 heterocycles. The molecule has 5 nitrogen and oxygen atoms in total. The number of carbonyl (C=O) groups excluding carboxylic acids is 1. The number of aromatic hydroxyl groups is 1. The molecule has 28 heavy (non-hydrogen) atoms. The quantitative estimate of drug-likeness (QED) is 0.642. The number of fused-ring (bicyclic) bond motifs is 1. The number of hydrogen-bond donors (Lipinski definition) is 2. The molecule has 144 valence electrons. The van der Waals surface area contributed by atoms with Crippen LogP contribution in [0.2, 0.25) is 5.02 Å². The van der Waals surface area contributed by atoms with Gasteiger partial charge in [0.25, 0.3) is 5.91 Å². The number of hydrogen-bond acceptors (Lipinski definition) is 3. The Hall–Kier alpha value is -2.79. The van der Waals surface area contributed by atoms with Crippen LogP contribution in [0.25, 0.3) is 5.69 Å². The largest absolute Gasteiger partial charge is 0.508 e. The summed E-state index contributed by atoms with van der Waals surface area (Å²) in [6, 6.07) is 14.5. The summed E-state index contributed by atoms with van der Waals surface area (Å²) in [5.41, 5.74) is 4.19. The van der Waals surface area contributed by atoms with Crippen molar-refractivity contribution in [3.63, 3.8) is 0 Å². The van der Waals surface area contributed by atoms with Crippen molar-refractivity contribution in [1.29, 1.82) is 0 Å². The van der Waals surface area contributed by atoms with E-state index in [2.05, 4.69) is 10.4 Å². The second kappa shape index (κ2) is 8.07. The number of halogens is 1. The maximum absolute atomic E-state index is 12.9. The van der Waals surface area contributed by atoms with Crippen molar-refractivity contribution in [1.82, 2.24) is 15.1 Å². The lowest BCUT2D eigenvalue weighted by molar-refractivity contribution is 0.0944. The van der Waals surface area contributed by atoms with Gasteiger partial charge in [-0.25, -0.2) is 4.68 Å². The third-order valence-corrected chi connectivity index (χ3v) is 5.40. The fourth-order valence-corrected chi connectivity index (χ4v) is 3.80. The van der Waals surface area contributed by atoms with Crippen LogP contribution in [-0.2, 0) is 19.4 Å². The van der Waals surface area contributed by atoms with Gasteiger partial charge in [0.2, 0.25) is 0 Å². The maximum Gasteiger partial charge on any atom is 0.272 e. The Balaban J connectivity index is 1.65. The zero-order valence-electron chi connectivity index (χ0n) is 15.5. The Morgan fingerprint density at radius 1 is 1.07 bits per heavy atom. The van der Waals surface area contributed by atoms with Gasteiger partial charge in [-0.15, -0.1) is 0 Å². The molecule has 4 rings (SSSR count). The first-order valence-corrected chi connectivity index (χ1v) is 9.93. The van der Waals surface area contributed by atoms with E-state index in [-0.39, 0.29) is 18.2 Å². The minimum Gasteiger partial charge on any atom is -0.508 e. The van der Waals surface area contributed by atoms with Crippen molar-refractivity contribution in [2.75, 3.05) is 0 Å². The zero-order valence-corrected chi connectivity index (χ0v) is 16.2. The predicted octanol–water partition coefficient (Wildman–Crippen LogP) is 4.43. The molecule has 1 aromatic heterocycles. The fraction of sp³-hybridized carbons (Fsp3) is 0.273. The van der Waals surface area contributed by atoms with Gasteiger partial charge in [-0.1, -0.05) is 36.2 Å². The van der Waals surface area contributed by atoms with Crippen molar-refractivity contribution < 1.29 is 9.90 Å². The van der Waals surface area contributed by atoms with Gasteiger partial charge < -0.3 is 10.4 Å². The molecule has 6 heteroatoms. The normalized spacial score (nSPS) is 13.6. The number of carbonyl (C=O) groups is 1. The van der Waals surface area contributed by atoms with Gasteiger partial charge in [0.15, 0.2) is 5.69 Å².